The maximum atomic E-state index is 14.0. The van der Waals surface area contributed by atoms with Crippen molar-refractivity contribution in [3.8, 4) is 11.5 Å². The van der Waals surface area contributed by atoms with Crippen LogP contribution in [0.1, 0.15) is 15.9 Å². The van der Waals surface area contributed by atoms with Crippen LogP contribution in [0.2, 0.25) is 0 Å². The predicted octanol–water partition coefficient (Wildman–Crippen LogP) is 3.43. The van der Waals surface area contributed by atoms with Gasteiger partial charge in [0, 0.05) is 11.6 Å². The molecule has 5 heteroatoms. The van der Waals surface area contributed by atoms with Crippen LogP contribution in [0.3, 0.4) is 0 Å². The molecule has 1 aliphatic rings. The van der Waals surface area contributed by atoms with Crippen LogP contribution in [0.5, 0.6) is 11.5 Å². The molecule has 3 rings (SSSR count). The van der Waals surface area contributed by atoms with Crippen molar-refractivity contribution in [2.24, 2.45) is 0 Å². The molecule has 0 saturated carbocycles. The molecule has 0 atom stereocenters. The second-order valence-corrected chi connectivity index (χ2v) is 4.73. The zero-order chi connectivity index (χ0) is 14.9. The standard InChI is InChI=1S/C16H12F2O3/c17-16(18,11-4-2-1-3-5-11)10-21-12-6-7-13-14(19)9-20-15(13)8-12/h1-8H,9-10H2. The second kappa shape index (κ2) is 5.16. The number of Topliss-reactive ketones (excluding diaryl/α,β-unsaturated/α-hetero) is 1. The van der Waals surface area contributed by atoms with Gasteiger partial charge in [0.1, 0.15) is 11.5 Å². The summed E-state index contributed by atoms with van der Waals surface area (Å²) in [6.07, 6.45) is 0. The first kappa shape index (κ1) is 13.5. The van der Waals surface area contributed by atoms with Crippen molar-refractivity contribution >= 4 is 5.78 Å². The van der Waals surface area contributed by atoms with Gasteiger partial charge in [0.25, 0.3) is 0 Å². The lowest BCUT2D eigenvalue weighted by Crippen LogP contribution is -2.23. The largest absolute Gasteiger partial charge is 0.487 e. The van der Waals surface area contributed by atoms with Gasteiger partial charge in [0.2, 0.25) is 5.78 Å². The summed E-state index contributed by atoms with van der Waals surface area (Å²) < 4.78 is 38.2. The lowest BCUT2D eigenvalue weighted by atomic mass is 10.1. The summed E-state index contributed by atoms with van der Waals surface area (Å²) in [5.41, 5.74) is 0.356. The fourth-order valence-electron chi connectivity index (χ4n) is 2.10. The number of ketones is 1. The Morgan fingerprint density at radius 1 is 1.14 bits per heavy atom. The highest BCUT2D eigenvalue weighted by molar-refractivity contribution is 6.02. The molecule has 1 aliphatic heterocycles. The van der Waals surface area contributed by atoms with Gasteiger partial charge in [-0.25, -0.2) is 0 Å². The fourth-order valence-corrected chi connectivity index (χ4v) is 2.10. The van der Waals surface area contributed by atoms with Gasteiger partial charge in [0.15, 0.2) is 13.2 Å². The van der Waals surface area contributed by atoms with Crippen molar-refractivity contribution in [1.29, 1.82) is 0 Å². The van der Waals surface area contributed by atoms with E-state index in [4.69, 9.17) is 9.47 Å². The van der Waals surface area contributed by atoms with Crippen LogP contribution < -0.4 is 9.47 Å². The van der Waals surface area contributed by atoms with E-state index >= 15 is 0 Å². The van der Waals surface area contributed by atoms with E-state index in [1.165, 1.54) is 30.3 Å². The molecule has 0 saturated heterocycles. The molecule has 0 radical (unpaired) electrons. The van der Waals surface area contributed by atoms with E-state index in [-0.39, 0.29) is 23.7 Å². The van der Waals surface area contributed by atoms with Crippen LogP contribution in [0.25, 0.3) is 0 Å². The molecule has 0 N–H and O–H groups in total. The Kier molecular flexibility index (Phi) is 3.33. The van der Waals surface area contributed by atoms with Crippen LogP contribution in [0, 0.1) is 0 Å². The van der Waals surface area contributed by atoms with Gasteiger partial charge in [-0.3, -0.25) is 4.79 Å². The Labute approximate surface area is 120 Å². The number of carbonyl (C=O) groups is 1. The number of carbonyl (C=O) groups excluding carboxylic acids is 1. The Morgan fingerprint density at radius 2 is 1.90 bits per heavy atom. The second-order valence-electron chi connectivity index (χ2n) is 4.73. The lowest BCUT2D eigenvalue weighted by Gasteiger charge is -2.17. The van der Waals surface area contributed by atoms with Gasteiger partial charge < -0.3 is 9.47 Å². The Morgan fingerprint density at radius 3 is 2.67 bits per heavy atom. The number of ether oxygens (including phenoxy) is 2. The normalized spacial score (nSPS) is 13.7. The SMILES string of the molecule is O=C1COc2cc(OCC(F)(F)c3ccccc3)ccc21. The summed E-state index contributed by atoms with van der Waals surface area (Å²) in [5, 5.41) is 0. The molecular weight excluding hydrogens is 278 g/mol. The molecule has 1 heterocycles. The summed E-state index contributed by atoms with van der Waals surface area (Å²) >= 11 is 0. The van der Waals surface area contributed by atoms with Gasteiger partial charge in [-0.2, -0.15) is 8.78 Å². The van der Waals surface area contributed by atoms with Crippen molar-refractivity contribution in [2.75, 3.05) is 13.2 Å². The third kappa shape index (κ3) is 2.72. The van der Waals surface area contributed by atoms with Gasteiger partial charge in [-0.05, 0) is 12.1 Å². The van der Waals surface area contributed by atoms with Crippen LogP contribution in [-0.2, 0) is 5.92 Å². The highest BCUT2D eigenvalue weighted by atomic mass is 19.3. The monoisotopic (exact) mass is 290 g/mol. The first-order valence-electron chi connectivity index (χ1n) is 6.42. The van der Waals surface area contributed by atoms with E-state index < -0.39 is 12.5 Å². The van der Waals surface area contributed by atoms with E-state index in [9.17, 15) is 13.6 Å². The number of fused-ring (bicyclic) bond motifs is 1. The van der Waals surface area contributed by atoms with E-state index in [1.54, 1.807) is 18.2 Å². The molecule has 0 aliphatic carbocycles. The Bertz CT molecular complexity index is 668. The van der Waals surface area contributed by atoms with E-state index in [2.05, 4.69) is 0 Å². The average molecular weight is 290 g/mol. The number of benzene rings is 2. The van der Waals surface area contributed by atoms with Crippen molar-refractivity contribution in [1.82, 2.24) is 0 Å². The van der Waals surface area contributed by atoms with E-state index in [0.717, 1.165) is 0 Å². The first-order valence-corrected chi connectivity index (χ1v) is 6.42. The molecule has 3 nitrogen and oxygen atoms in total. The minimum absolute atomic E-state index is 0.0149. The highest BCUT2D eigenvalue weighted by Gasteiger charge is 2.32. The summed E-state index contributed by atoms with van der Waals surface area (Å²) in [6, 6.07) is 12.0. The molecular formula is C16H12F2O3. The van der Waals surface area contributed by atoms with Gasteiger partial charge >= 0.3 is 5.92 Å². The van der Waals surface area contributed by atoms with Crippen LogP contribution in [0.4, 0.5) is 8.78 Å². The Hall–Kier alpha value is -2.43. The third-order valence-electron chi connectivity index (χ3n) is 3.23. The van der Waals surface area contributed by atoms with E-state index in [0.29, 0.717) is 11.3 Å². The zero-order valence-electron chi connectivity index (χ0n) is 11.0. The molecule has 108 valence electrons. The lowest BCUT2D eigenvalue weighted by molar-refractivity contribution is -0.0467. The molecule has 0 fully saturated rings. The number of alkyl halides is 2. The molecule has 0 aromatic heterocycles. The van der Waals surface area contributed by atoms with Crippen LogP contribution in [0.15, 0.2) is 48.5 Å². The average Bonchev–Trinajstić information content (AvgIpc) is 2.87. The van der Waals surface area contributed by atoms with E-state index in [1.807, 2.05) is 0 Å². The summed E-state index contributed by atoms with van der Waals surface area (Å²) in [4.78, 5) is 11.4. The van der Waals surface area contributed by atoms with Gasteiger partial charge in [-0.1, -0.05) is 30.3 Å². The summed E-state index contributed by atoms with van der Waals surface area (Å²) in [5.74, 6) is -2.58. The molecule has 0 spiro atoms. The van der Waals surface area contributed by atoms with Gasteiger partial charge in [0.05, 0.1) is 5.56 Å². The fraction of sp³-hybridized carbons (Fsp3) is 0.188. The van der Waals surface area contributed by atoms with Crippen molar-refractivity contribution in [3.05, 3.63) is 59.7 Å². The molecule has 2 aromatic rings. The first-order chi connectivity index (χ1) is 10.1. The third-order valence-corrected chi connectivity index (χ3v) is 3.23. The van der Waals surface area contributed by atoms with Crippen molar-refractivity contribution in [2.45, 2.75) is 5.92 Å². The smallest absolute Gasteiger partial charge is 0.306 e. The van der Waals surface area contributed by atoms with Crippen molar-refractivity contribution in [3.63, 3.8) is 0 Å². The molecule has 0 bridgehead atoms. The van der Waals surface area contributed by atoms with Crippen LogP contribution >= 0.6 is 0 Å². The summed E-state index contributed by atoms with van der Waals surface area (Å²) in [6.45, 7) is -0.789. The zero-order valence-corrected chi connectivity index (χ0v) is 11.0. The maximum Gasteiger partial charge on any atom is 0.306 e. The molecule has 2 aromatic carbocycles. The molecule has 0 amide bonds. The van der Waals surface area contributed by atoms with Crippen molar-refractivity contribution < 1.29 is 23.0 Å². The minimum atomic E-state index is -3.09. The molecule has 0 unspecified atom stereocenters. The summed E-state index contributed by atoms with van der Waals surface area (Å²) in [7, 11) is 0. The maximum absolute atomic E-state index is 14.0. The minimum Gasteiger partial charge on any atom is -0.487 e. The quantitative estimate of drug-likeness (QED) is 0.865. The number of halogens is 2. The van der Waals surface area contributed by atoms with Gasteiger partial charge in [-0.15, -0.1) is 0 Å². The van der Waals surface area contributed by atoms with Crippen LogP contribution in [-0.4, -0.2) is 19.0 Å². The number of hydrogen-bond acceptors (Lipinski definition) is 3. The topological polar surface area (TPSA) is 35.5 Å². The molecule has 21 heavy (non-hydrogen) atoms. The Balaban J connectivity index is 1.72. The number of rotatable bonds is 4. The highest BCUT2D eigenvalue weighted by Crippen LogP contribution is 2.32. The number of hydrogen-bond donors (Lipinski definition) is 0. The predicted molar refractivity (Wildman–Crippen MR) is 72.1 cm³/mol.